The van der Waals surface area contributed by atoms with Gasteiger partial charge in [0.05, 0.1) is 10.9 Å². The van der Waals surface area contributed by atoms with Crippen molar-refractivity contribution in [2.24, 2.45) is 11.8 Å². The van der Waals surface area contributed by atoms with E-state index in [1.807, 2.05) is 13.0 Å². The monoisotopic (exact) mass is 298 g/mol. The first kappa shape index (κ1) is 14.9. The van der Waals surface area contributed by atoms with Gasteiger partial charge in [0.25, 0.3) is 0 Å². The molecule has 2 aromatic rings. The van der Waals surface area contributed by atoms with Crippen molar-refractivity contribution in [2.45, 2.75) is 39.0 Å². The summed E-state index contributed by atoms with van der Waals surface area (Å²) in [7, 11) is 0. The van der Waals surface area contributed by atoms with E-state index in [2.05, 4.69) is 13.5 Å². The van der Waals surface area contributed by atoms with Gasteiger partial charge in [0, 0.05) is 5.92 Å². The average molecular weight is 298 g/mol. The summed E-state index contributed by atoms with van der Waals surface area (Å²) in [6.45, 7) is 8.29. The Morgan fingerprint density at radius 2 is 2.05 bits per heavy atom. The molecule has 0 saturated heterocycles. The van der Waals surface area contributed by atoms with Crippen molar-refractivity contribution >= 4 is 11.0 Å². The van der Waals surface area contributed by atoms with E-state index >= 15 is 0 Å². The van der Waals surface area contributed by atoms with E-state index in [4.69, 9.17) is 4.42 Å². The van der Waals surface area contributed by atoms with Crippen LogP contribution in [0.3, 0.4) is 0 Å². The van der Waals surface area contributed by atoms with Crippen LogP contribution in [0.2, 0.25) is 0 Å². The molecule has 1 saturated carbocycles. The lowest BCUT2D eigenvalue weighted by molar-refractivity contribution is 0.268. The summed E-state index contributed by atoms with van der Waals surface area (Å²) in [5.74, 6) is 0.830. The summed E-state index contributed by atoms with van der Waals surface area (Å²) in [5.41, 5.74) is 1.52. The lowest BCUT2D eigenvalue weighted by Crippen LogP contribution is -2.27. The van der Waals surface area contributed by atoms with E-state index < -0.39 is 5.63 Å². The van der Waals surface area contributed by atoms with Gasteiger partial charge in [-0.25, -0.2) is 4.79 Å². The fraction of sp³-hybridized carbons (Fsp3) is 0.421. The highest BCUT2D eigenvalue weighted by atomic mass is 16.4. The molecule has 0 radical (unpaired) electrons. The van der Waals surface area contributed by atoms with E-state index in [1.165, 1.54) is 0 Å². The molecule has 3 rings (SSSR count). The van der Waals surface area contributed by atoms with Gasteiger partial charge in [-0.2, -0.15) is 0 Å². The molecule has 22 heavy (non-hydrogen) atoms. The fourth-order valence-corrected chi connectivity index (χ4v) is 3.76. The van der Waals surface area contributed by atoms with Gasteiger partial charge in [0.2, 0.25) is 0 Å². The standard InChI is InChI=1S/C19H22O3/c1-11(2)13-9-8-12(3)10-15(13)17-18(20)14-6-4-5-7-16(14)22-19(17)21/h4-7,12-13,15,20H,1,8-10H2,2-3H3/t12?,13-,15+/m0/s1. The maximum atomic E-state index is 12.5. The van der Waals surface area contributed by atoms with Crippen molar-refractivity contribution in [3.8, 4) is 5.75 Å². The second-order valence-electron chi connectivity index (χ2n) is 6.63. The molecule has 1 aliphatic rings. The maximum Gasteiger partial charge on any atom is 0.343 e. The molecule has 3 heteroatoms. The van der Waals surface area contributed by atoms with Gasteiger partial charge < -0.3 is 9.52 Å². The number of rotatable bonds is 2. The lowest BCUT2D eigenvalue weighted by atomic mass is 9.69. The van der Waals surface area contributed by atoms with Gasteiger partial charge in [0.1, 0.15) is 11.3 Å². The highest BCUT2D eigenvalue weighted by Gasteiger charge is 2.34. The molecule has 0 amide bonds. The molecule has 1 unspecified atom stereocenters. The molecule has 1 heterocycles. The first-order valence-corrected chi connectivity index (χ1v) is 7.89. The van der Waals surface area contributed by atoms with Crippen molar-refractivity contribution in [1.82, 2.24) is 0 Å². The van der Waals surface area contributed by atoms with E-state index in [0.29, 0.717) is 22.5 Å². The predicted octanol–water partition coefficient (Wildman–Crippen LogP) is 4.59. The Hall–Kier alpha value is -2.03. The van der Waals surface area contributed by atoms with Crippen LogP contribution < -0.4 is 5.63 Å². The minimum Gasteiger partial charge on any atom is -0.507 e. The summed E-state index contributed by atoms with van der Waals surface area (Å²) in [5, 5.41) is 11.3. The van der Waals surface area contributed by atoms with Gasteiger partial charge in [-0.05, 0) is 43.7 Å². The third kappa shape index (κ3) is 2.45. The van der Waals surface area contributed by atoms with Crippen molar-refractivity contribution in [3.05, 3.63) is 52.4 Å². The van der Waals surface area contributed by atoms with E-state index in [0.717, 1.165) is 24.8 Å². The van der Waals surface area contributed by atoms with Crippen molar-refractivity contribution in [1.29, 1.82) is 0 Å². The smallest absolute Gasteiger partial charge is 0.343 e. The SMILES string of the molecule is C=C(C)[C@@H]1CCC(C)C[C@H]1c1c(O)c2ccccc2oc1=O. The Morgan fingerprint density at radius 1 is 1.32 bits per heavy atom. The predicted molar refractivity (Wildman–Crippen MR) is 88.2 cm³/mol. The van der Waals surface area contributed by atoms with Crippen molar-refractivity contribution in [2.75, 3.05) is 0 Å². The second-order valence-corrected chi connectivity index (χ2v) is 6.63. The molecule has 1 aromatic heterocycles. The highest BCUT2D eigenvalue weighted by molar-refractivity contribution is 5.84. The highest BCUT2D eigenvalue weighted by Crippen LogP contribution is 2.45. The number of benzene rings is 1. The van der Waals surface area contributed by atoms with Gasteiger partial charge in [0.15, 0.2) is 0 Å². The Bertz CT molecular complexity index is 772. The van der Waals surface area contributed by atoms with E-state index in [-0.39, 0.29) is 17.6 Å². The van der Waals surface area contributed by atoms with E-state index in [1.54, 1.807) is 18.2 Å². The largest absolute Gasteiger partial charge is 0.507 e. The van der Waals surface area contributed by atoms with Crippen LogP contribution in [0.25, 0.3) is 11.0 Å². The molecule has 3 atom stereocenters. The third-order valence-electron chi connectivity index (χ3n) is 4.94. The van der Waals surface area contributed by atoms with Gasteiger partial charge in [-0.15, -0.1) is 0 Å². The zero-order valence-electron chi connectivity index (χ0n) is 13.1. The Labute approximate surface area is 130 Å². The number of allylic oxidation sites excluding steroid dienone is 1. The fourth-order valence-electron chi connectivity index (χ4n) is 3.76. The van der Waals surface area contributed by atoms with Crippen LogP contribution in [0, 0.1) is 11.8 Å². The zero-order valence-corrected chi connectivity index (χ0v) is 13.1. The summed E-state index contributed by atoms with van der Waals surface area (Å²) in [6.07, 6.45) is 3.02. The molecule has 1 N–H and O–H groups in total. The molecule has 1 fully saturated rings. The van der Waals surface area contributed by atoms with Crippen molar-refractivity contribution in [3.63, 3.8) is 0 Å². The van der Waals surface area contributed by atoms with Crippen LogP contribution in [0.1, 0.15) is 44.6 Å². The molecular formula is C19H22O3. The number of hydrogen-bond acceptors (Lipinski definition) is 3. The second kappa shape index (κ2) is 5.64. The molecule has 3 nitrogen and oxygen atoms in total. The van der Waals surface area contributed by atoms with Crippen LogP contribution >= 0.6 is 0 Å². The van der Waals surface area contributed by atoms with E-state index in [9.17, 15) is 9.90 Å². The lowest BCUT2D eigenvalue weighted by Gasteiger charge is -2.35. The zero-order chi connectivity index (χ0) is 15.9. The number of para-hydroxylation sites is 1. The summed E-state index contributed by atoms with van der Waals surface area (Å²) in [6, 6.07) is 7.13. The van der Waals surface area contributed by atoms with Gasteiger partial charge in [-0.1, -0.05) is 37.6 Å². The average Bonchev–Trinajstić information content (AvgIpc) is 2.47. The molecule has 1 aliphatic carbocycles. The first-order chi connectivity index (χ1) is 10.5. The van der Waals surface area contributed by atoms with Crippen LogP contribution in [0.15, 0.2) is 45.6 Å². The number of aromatic hydroxyl groups is 1. The van der Waals surface area contributed by atoms with Crippen LogP contribution in [0.5, 0.6) is 5.75 Å². The minimum atomic E-state index is -0.415. The first-order valence-electron chi connectivity index (χ1n) is 7.89. The van der Waals surface area contributed by atoms with Crippen LogP contribution in [-0.4, -0.2) is 5.11 Å². The number of fused-ring (bicyclic) bond motifs is 1. The van der Waals surface area contributed by atoms with Crippen LogP contribution in [-0.2, 0) is 0 Å². The maximum absolute atomic E-state index is 12.5. The Morgan fingerprint density at radius 3 is 2.77 bits per heavy atom. The molecule has 0 bridgehead atoms. The number of hydrogen-bond donors (Lipinski definition) is 1. The topological polar surface area (TPSA) is 50.4 Å². The molecule has 116 valence electrons. The van der Waals surface area contributed by atoms with Crippen molar-refractivity contribution < 1.29 is 9.52 Å². The molecule has 1 aromatic carbocycles. The normalized spacial score (nSPS) is 25.3. The Balaban J connectivity index is 2.19. The van der Waals surface area contributed by atoms with Gasteiger partial charge >= 0.3 is 5.63 Å². The third-order valence-corrected chi connectivity index (χ3v) is 4.94. The summed E-state index contributed by atoms with van der Waals surface area (Å²) in [4.78, 5) is 12.5. The molecule has 0 spiro atoms. The quantitative estimate of drug-likeness (QED) is 0.651. The van der Waals surface area contributed by atoms with Gasteiger partial charge in [-0.3, -0.25) is 0 Å². The minimum absolute atomic E-state index is 0.0119. The summed E-state index contributed by atoms with van der Waals surface area (Å²) >= 11 is 0. The van der Waals surface area contributed by atoms with Crippen LogP contribution in [0.4, 0.5) is 0 Å². The molecule has 0 aliphatic heterocycles. The molecular weight excluding hydrogens is 276 g/mol. The Kier molecular flexibility index (Phi) is 3.81. The summed E-state index contributed by atoms with van der Waals surface area (Å²) < 4.78 is 5.44.